The summed E-state index contributed by atoms with van der Waals surface area (Å²) in [6.07, 6.45) is 0. The highest BCUT2D eigenvalue weighted by molar-refractivity contribution is 5.89. The molecule has 0 atom stereocenters. The molecule has 0 saturated carbocycles. The summed E-state index contributed by atoms with van der Waals surface area (Å²) in [5.74, 6) is 1.66. The summed E-state index contributed by atoms with van der Waals surface area (Å²) in [4.78, 5) is 20.8. The van der Waals surface area contributed by atoms with E-state index in [0.29, 0.717) is 17.6 Å². The average molecular weight is 880 g/mol. The summed E-state index contributed by atoms with van der Waals surface area (Å²) in [5, 5.41) is 0. The molecule has 0 aliphatic carbocycles. The molecule has 0 fully saturated rings. The highest BCUT2D eigenvalue weighted by Gasteiger charge is 2.25. The van der Waals surface area contributed by atoms with Crippen LogP contribution in [-0.2, 0) is 0 Å². The molecule has 5 nitrogen and oxygen atoms in total. The average Bonchev–Trinajstić information content (AvgIpc) is 3.36. The van der Waals surface area contributed by atoms with Crippen LogP contribution in [-0.4, -0.2) is 15.0 Å². The van der Waals surface area contributed by atoms with Gasteiger partial charge in [0.15, 0.2) is 11.6 Å². The normalized spacial score (nSPS) is 11.1. The number of hydrogen-bond donors (Lipinski definition) is 0. The molecule has 0 bridgehead atoms. The van der Waals surface area contributed by atoms with Crippen LogP contribution in [0.25, 0.3) is 56.2 Å². The topological polar surface area (TPSA) is 45.2 Å². The molecule has 0 N–H and O–H groups in total. The minimum atomic E-state index is 0.503. The van der Waals surface area contributed by atoms with Gasteiger partial charge in [-0.25, -0.2) is 4.98 Å². The van der Waals surface area contributed by atoms with Crippen LogP contribution in [0.5, 0.6) is 0 Å². The van der Waals surface area contributed by atoms with Crippen molar-refractivity contribution in [3.8, 4) is 56.2 Å². The second kappa shape index (κ2) is 18.8. The number of anilines is 6. The van der Waals surface area contributed by atoms with Gasteiger partial charge in [0.1, 0.15) is 0 Å². The van der Waals surface area contributed by atoms with Crippen LogP contribution >= 0.6 is 0 Å². The third-order valence-corrected chi connectivity index (χ3v) is 12.6. The van der Waals surface area contributed by atoms with Gasteiger partial charge in [-0.3, -0.25) is 4.90 Å². The summed E-state index contributed by atoms with van der Waals surface area (Å²) in [6, 6.07) is 74.9. The summed E-state index contributed by atoms with van der Waals surface area (Å²) in [5.41, 5.74) is 21.0. The molecule has 0 spiro atoms. The molecule has 10 aromatic rings. The number of aryl methyl sites for hydroxylation is 6. The molecule has 1 heterocycles. The van der Waals surface area contributed by atoms with Crippen molar-refractivity contribution < 1.29 is 0 Å². The highest BCUT2D eigenvalue weighted by atomic mass is 15.3. The molecule has 68 heavy (non-hydrogen) atoms. The van der Waals surface area contributed by atoms with Crippen molar-refractivity contribution in [1.82, 2.24) is 15.0 Å². The van der Waals surface area contributed by atoms with E-state index in [-0.39, 0.29) is 0 Å². The van der Waals surface area contributed by atoms with Crippen molar-refractivity contribution in [3.05, 3.63) is 246 Å². The molecule has 0 radical (unpaired) electrons. The standard InChI is InChI=1S/C63H53N5/c1-42-36-44(3)59(45(4)37-42)68(60-46(5)38-43(2)39-47(60)6)56-34-32-55(33-35-56)67(58-31-17-16-30-57(58)50-24-14-9-15-25-50)63-65-61(53-28-18-26-51(40-53)48-20-10-7-11-21-48)64-62(66-63)54-29-19-27-52(41-54)49-22-12-8-13-23-49/h7-41H,1-6H3. The van der Waals surface area contributed by atoms with Gasteiger partial charge < -0.3 is 4.90 Å². The first-order valence-electron chi connectivity index (χ1n) is 23.3. The van der Waals surface area contributed by atoms with E-state index in [1.165, 1.54) is 44.8 Å². The largest absolute Gasteiger partial charge is 0.309 e. The van der Waals surface area contributed by atoms with Gasteiger partial charge >= 0.3 is 0 Å². The molecule has 330 valence electrons. The number of para-hydroxylation sites is 1. The SMILES string of the molecule is Cc1cc(C)c(N(c2ccc(N(c3nc(-c4cccc(-c5ccccc5)c4)nc(-c4cccc(-c5ccccc5)c4)n3)c3ccccc3-c3ccccc3)cc2)c2c(C)cc(C)cc2C)c(C)c1. The fourth-order valence-electron chi connectivity index (χ4n) is 9.72. The first-order valence-corrected chi connectivity index (χ1v) is 23.3. The third kappa shape index (κ3) is 8.82. The summed E-state index contributed by atoms with van der Waals surface area (Å²) in [7, 11) is 0. The van der Waals surface area contributed by atoms with Crippen molar-refractivity contribution in [1.29, 1.82) is 0 Å². The molecule has 1 aromatic heterocycles. The number of aromatic nitrogens is 3. The minimum Gasteiger partial charge on any atom is -0.309 e. The van der Waals surface area contributed by atoms with Crippen LogP contribution < -0.4 is 9.80 Å². The Balaban J connectivity index is 1.20. The maximum Gasteiger partial charge on any atom is 0.238 e. The quantitative estimate of drug-likeness (QED) is 0.130. The smallest absolute Gasteiger partial charge is 0.238 e. The predicted molar refractivity (Wildman–Crippen MR) is 285 cm³/mol. The molecule has 10 rings (SSSR count). The highest BCUT2D eigenvalue weighted by Crippen LogP contribution is 2.45. The second-order valence-corrected chi connectivity index (χ2v) is 17.7. The lowest BCUT2D eigenvalue weighted by Crippen LogP contribution is -2.18. The Morgan fingerprint density at radius 2 is 0.662 bits per heavy atom. The van der Waals surface area contributed by atoms with Gasteiger partial charge in [-0.05, 0) is 134 Å². The van der Waals surface area contributed by atoms with Gasteiger partial charge in [0.05, 0.1) is 17.1 Å². The molecule has 0 saturated heterocycles. The van der Waals surface area contributed by atoms with Crippen LogP contribution in [0, 0.1) is 41.5 Å². The second-order valence-electron chi connectivity index (χ2n) is 17.7. The van der Waals surface area contributed by atoms with E-state index in [1.807, 2.05) is 12.1 Å². The summed E-state index contributed by atoms with van der Waals surface area (Å²) in [6.45, 7) is 13.2. The Kier molecular flexibility index (Phi) is 12.0. The van der Waals surface area contributed by atoms with Gasteiger partial charge in [0.2, 0.25) is 5.95 Å². The predicted octanol–water partition coefficient (Wildman–Crippen LogP) is 17.0. The Morgan fingerprint density at radius 1 is 0.294 bits per heavy atom. The molecule has 0 amide bonds. The fourth-order valence-corrected chi connectivity index (χ4v) is 9.72. The van der Waals surface area contributed by atoms with E-state index < -0.39 is 0 Å². The maximum atomic E-state index is 5.44. The monoisotopic (exact) mass is 879 g/mol. The van der Waals surface area contributed by atoms with E-state index in [1.54, 1.807) is 0 Å². The van der Waals surface area contributed by atoms with Crippen molar-refractivity contribution in [3.63, 3.8) is 0 Å². The number of rotatable bonds is 11. The molecule has 0 aliphatic rings. The molecule has 5 heteroatoms. The van der Waals surface area contributed by atoms with Gasteiger partial charge in [0, 0.05) is 28.1 Å². The van der Waals surface area contributed by atoms with Gasteiger partial charge in [-0.1, -0.05) is 181 Å². The Morgan fingerprint density at radius 3 is 1.12 bits per heavy atom. The summed E-state index contributed by atoms with van der Waals surface area (Å²) < 4.78 is 0. The van der Waals surface area contributed by atoms with Crippen LogP contribution in [0.1, 0.15) is 33.4 Å². The van der Waals surface area contributed by atoms with Gasteiger partial charge in [0.25, 0.3) is 0 Å². The zero-order valence-electron chi connectivity index (χ0n) is 39.4. The Hall–Kier alpha value is -8.41. The van der Waals surface area contributed by atoms with Crippen molar-refractivity contribution in [2.75, 3.05) is 9.80 Å². The molecule has 0 unspecified atom stereocenters. The Labute approximate surface area is 400 Å². The van der Waals surface area contributed by atoms with Crippen LogP contribution in [0.15, 0.2) is 212 Å². The van der Waals surface area contributed by atoms with Crippen molar-refractivity contribution in [2.45, 2.75) is 41.5 Å². The van der Waals surface area contributed by atoms with E-state index in [9.17, 15) is 0 Å². The van der Waals surface area contributed by atoms with Crippen LogP contribution in [0.4, 0.5) is 34.4 Å². The lowest BCUT2D eigenvalue weighted by molar-refractivity contribution is 1.02. The van der Waals surface area contributed by atoms with Crippen molar-refractivity contribution >= 4 is 34.4 Å². The maximum absolute atomic E-state index is 5.44. The fraction of sp³-hybridized carbons (Fsp3) is 0.0952. The lowest BCUT2D eigenvalue weighted by atomic mass is 9.98. The summed E-state index contributed by atoms with van der Waals surface area (Å²) >= 11 is 0. The first kappa shape index (κ1) is 43.5. The molecular weight excluding hydrogens is 827 g/mol. The zero-order chi connectivity index (χ0) is 46.7. The number of hydrogen-bond acceptors (Lipinski definition) is 5. The van der Waals surface area contributed by atoms with Crippen LogP contribution in [0.3, 0.4) is 0 Å². The molecular formula is C63H53N5. The van der Waals surface area contributed by atoms with E-state index in [4.69, 9.17) is 15.0 Å². The van der Waals surface area contributed by atoms with E-state index >= 15 is 0 Å². The minimum absolute atomic E-state index is 0.503. The van der Waals surface area contributed by atoms with Gasteiger partial charge in [-0.2, -0.15) is 9.97 Å². The third-order valence-electron chi connectivity index (χ3n) is 12.6. The molecule has 9 aromatic carbocycles. The number of benzene rings is 9. The lowest BCUT2D eigenvalue weighted by Gasteiger charge is -2.32. The van der Waals surface area contributed by atoms with Crippen LogP contribution in [0.2, 0.25) is 0 Å². The van der Waals surface area contributed by atoms with E-state index in [0.717, 1.165) is 61.6 Å². The van der Waals surface area contributed by atoms with Crippen molar-refractivity contribution in [2.24, 2.45) is 0 Å². The molecule has 0 aliphatic heterocycles. The zero-order valence-corrected chi connectivity index (χ0v) is 39.4. The first-order chi connectivity index (χ1) is 33.2. The van der Waals surface area contributed by atoms with Gasteiger partial charge in [-0.15, -0.1) is 0 Å². The van der Waals surface area contributed by atoms with E-state index in [2.05, 4.69) is 252 Å². The Bertz CT molecular complexity index is 3200. The number of nitrogens with zero attached hydrogens (tertiary/aromatic N) is 5.